The molecule has 0 saturated heterocycles. The third-order valence-electron chi connectivity index (χ3n) is 10.1. The molecule has 0 spiro atoms. The molecule has 38 heavy (non-hydrogen) atoms. The van der Waals surface area contributed by atoms with Gasteiger partial charge in [-0.2, -0.15) is 0 Å². The van der Waals surface area contributed by atoms with Gasteiger partial charge in [0.25, 0.3) is 0 Å². The van der Waals surface area contributed by atoms with Crippen LogP contribution in [-0.4, -0.2) is 41.8 Å². The maximum absolute atomic E-state index is 10.2. The average molecular weight is 531 g/mol. The SMILES string of the molecule is C=C1CCC(O)(O)C/C1=C/C=C1\CCC[C@@]2(C)[C@H]1CC(C(CCN)OCCCN)[C@H]2[C@H](C)CCCC(C)C. The second-order valence-electron chi connectivity index (χ2n) is 13.5. The van der Waals surface area contributed by atoms with Crippen LogP contribution in [0.4, 0.5) is 0 Å². The van der Waals surface area contributed by atoms with Gasteiger partial charge in [0.05, 0.1) is 6.10 Å². The molecule has 5 heteroatoms. The van der Waals surface area contributed by atoms with Crippen LogP contribution in [0.2, 0.25) is 0 Å². The van der Waals surface area contributed by atoms with Gasteiger partial charge in [0.2, 0.25) is 0 Å². The number of nitrogens with two attached hydrogens (primary N) is 2. The van der Waals surface area contributed by atoms with Gasteiger partial charge < -0.3 is 26.4 Å². The molecule has 3 aliphatic carbocycles. The Morgan fingerprint density at radius 2 is 1.79 bits per heavy atom. The van der Waals surface area contributed by atoms with Gasteiger partial charge in [-0.05, 0) is 98.6 Å². The van der Waals surface area contributed by atoms with E-state index in [0.29, 0.717) is 56.2 Å². The highest BCUT2D eigenvalue weighted by molar-refractivity contribution is 5.37. The minimum Gasteiger partial charge on any atom is -0.378 e. The summed E-state index contributed by atoms with van der Waals surface area (Å²) >= 11 is 0. The maximum Gasteiger partial charge on any atom is 0.166 e. The van der Waals surface area contributed by atoms with Gasteiger partial charge in [0.15, 0.2) is 5.79 Å². The van der Waals surface area contributed by atoms with E-state index in [1.54, 1.807) is 0 Å². The molecule has 6 atom stereocenters. The normalized spacial score (nSPS) is 33.2. The van der Waals surface area contributed by atoms with E-state index in [9.17, 15) is 10.2 Å². The van der Waals surface area contributed by atoms with Crippen LogP contribution in [0.1, 0.15) is 105 Å². The summed E-state index contributed by atoms with van der Waals surface area (Å²) in [5, 5.41) is 20.5. The molecular formula is C33H58N2O3. The van der Waals surface area contributed by atoms with Crippen molar-refractivity contribution in [3.8, 4) is 0 Å². The zero-order chi connectivity index (χ0) is 27.9. The molecule has 0 heterocycles. The van der Waals surface area contributed by atoms with Gasteiger partial charge in [-0.25, -0.2) is 0 Å². The number of ether oxygens (including phenoxy) is 1. The molecule has 0 radical (unpaired) electrons. The average Bonchev–Trinajstić information content (AvgIpc) is 3.17. The molecule has 0 aliphatic heterocycles. The Kier molecular flexibility index (Phi) is 11.7. The van der Waals surface area contributed by atoms with E-state index in [-0.39, 0.29) is 17.9 Å². The van der Waals surface area contributed by atoms with Crippen molar-refractivity contribution in [1.29, 1.82) is 0 Å². The lowest BCUT2D eigenvalue weighted by atomic mass is 9.59. The second-order valence-corrected chi connectivity index (χ2v) is 13.5. The first-order valence-electron chi connectivity index (χ1n) is 15.6. The summed E-state index contributed by atoms with van der Waals surface area (Å²) in [6, 6.07) is 0. The van der Waals surface area contributed by atoms with E-state index >= 15 is 0 Å². The van der Waals surface area contributed by atoms with Gasteiger partial charge in [-0.1, -0.05) is 76.8 Å². The van der Waals surface area contributed by atoms with E-state index in [1.165, 1.54) is 37.7 Å². The Hall–Kier alpha value is -0.980. The van der Waals surface area contributed by atoms with Gasteiger partial charge in [-0.3, -0.25) is 0 Å². The lowest BCUT2D eigenvalue weighted by Crippen LogP contribution is -2.40. The van der Waals surface area contributed by atoms with Crippen LogP contribution >= 0.6 is 0 Å². The van der Waals surface area contributed by atoms with Crippen LogP contribution in [0, 0.1) is 35.0 Å². The summed E-state index contributed by atoms with van der Waals surface area (Å²) < 4.78 is 6.55. The molecule has 0 aromatic heterocycles. The smallest absolute Gasteiger partial charge is 0.166 e. The van der Waals surface area contributed by atoms with Crippen LogP contribution in [0.5, 0.6) is 0 Å². The van der Waals surface area contributed by atoms with Crippen LogP contribution in [0.15, 0.2) is 35.5 Å². The maximum atomic E-state index is 10.2. The summed E-state index contributed by atoms with van der Waals surface area (Å²) in [5.41, 5.74) is 15.7. The lowest BCUT2D eigenvalue weighted by Gasteiger charge is -2.46. The third-order valence-corrected chi connectivity index (χ3v) is 10.1. The summed E-state index contributed by atoms with van der Waals surface area (Å²) in [7, 11) is 0. The van der Waals surface area contributed by atoms with Gasteiger partial charge in [0.1, 0.15) is 0 Å². The Balaban J connectivity index is 1.91. The summed E-state index contributed by atoms with van der Waals surface area (Å²) in [6.45, 7) is 16.0. The van der Waals surface area contributed by atoms with Crippen molar-refractivity contribution in [2.24, 2.45) is 46.5 Å². The van der Waals surface area contributed by atoms with Gasteiger partial charge in [-0.15, -0.1) is 0 Å². The van der Waals surface area contributed by atoms with Crippen molar-refractivity contribution in [2.45, 2.75) is 117 Å². The highest BCUT2D eigenvalue weighted by Crippen LogP contribution is 2.63. The zero-order valence-electron chi connectivity index (χ0n) is 24.9. The highest BCUT2D eigenvalue weighted by atomic mass is 16.5. The van der Waals surface area contributed by atoms with Crippen molar-refractivity contribution >= 4 is 0 Å². The molecule has 0 aromatic carbocycles. The molecule has 0 aromatic rings. The quantitative estimate of drug-likeness (QED) is 0.167. The van der Waals surface area contributed by atoms with E-state index in [2.05, 4.69) is 46.4 Å². The van der Waals surface area contributed by atoms with Crippen molar-refractivity contribution in [2.75, 3.05) is 19.7 Å². The molecular weight excluding hydrogens is 472 g/mol. The minimum absolute atomic E-state index is 0.189. The lowest BCUT2D eigenvalue weighted by molar-refractivity contribution is -0.166. The molecule has 0 bridgehead atoms. The number of rotatable bonds is 13. The molecule has 3 fully saturated rings. The van der Waals surface area contributed by atoms with Crippen LogP contribution in [0.25, 0.3) is 0 Å². The zero-order valence-corrected chi connectivity index (χ0v) is 24.9. The number of fused-ring (bicyclic) bond motifs is 1. The number of allylic oxidation sites excluding steroid dienone is 4. The summed E-state index contributed by atoms with van der Waals surface area (Å²) in [6.07, 6.45) is 16.3. The van der Waals surface area contributed by atoms with Crippen LogP contribution < -0.4 is 11.5 Å². The molecule has 3 saturated carbocycles. The first-order chi connectivity index (χ1) is 18.0. The minimum atomic E-state index is -1.61. The first kappa shape index (κ1) is 31.5. The van der Waals surface area contributed by atoms with Crippen LogP contribution in [0.3, 0.4) is 0 Å². The number of hydrogen-bond acceptors (Lipinski definition) is 5. The molecule has 5 nitrogen and oxygen atoms in total. The Morgan fingerprint density at radius 1 is 1.03 bits per heavy atom. The molecule has 3 aliphatic rings. The van der Waals surface area contributed by atoms with Crippen molar-refractivity contribution < 1.29 is 14.9 Å². The Labute approximate surface area is 233 Å². The first-order valence-corrected chi connectivity index (χ1v) is 15.6. The van der Waals surface area contributed by atoms with Crippen molar-refractivity contribution in [1.82, 2.24) is 0 Å². The Morgan fingerprint density at radius 3 is 2.47 bits per heavy atom. The molecule has 0 amide bonds. The highest BCUT2D eigenvalue weighted by Gasteiger charge is 2.56. The fourth-order valence-corrected chi connectivity index (χ4v) is 8.17. The van der Waals surface area contributed by atoms with Gasteiger partial charge >= 0.3 is 0 Å². The van der Waals surface area contributed by atoms with E-state index in [0.717, 1.165) is 42.7 Å². The fourth-order valence-electron chi connectivity index (χ4n) is 8.17. The molecule has 218 valence electrons. The summed E-state index contributed by atoms with van der Waals surface area (Å²) in [4.78, 5) is 0. The van der Waals surface area contributed by atoms with Crippen LogP contribution in [-0.2, 0) is 4.74 Å². The monoisotopic (exact) mass is 530 g/mol. The largest absolute Gasteiger partial charge is 0.378 e. The summed E-state index contributed by atoms with van der Waals surface area (Å²) in [5.74, 6) is 1.42. The van der Waals surface area contributed by atoms with E-state index in [1.807, 2.05) is 0 Å². The van der Waals surface area contributed by atoms with Gasteiger partial charge in [0, 0.05) is 19.4 Å². The standard InChI is InChI=1S/C33H58N2O3/c1-23(2)9-6-10-25(4)31-28(30(15-19-35)38-20-8-18-34)21-29-26(11-7-16-32(29,31)5)12-13-27-22-33(36,37)17-14-24(27)3/h12-13,23,25,28-31,36-37H,3,6-11,14-22,34-35H2,1-2,4-5H3/b26-12+,27-13-/t25-,28?,29+,30?,31-,32+/m1/s1. The number of aliphatic hydroxyl groups is 2. The van der Waals surface area contributed by atoms with Crippen molar-refractivity contribution in [3.63, 3.8) is 0 Å². The van der Waals surface area contributed by atoms with E-state index < -0.39 is 5.79 Å². The predicted molar refractivity (Wildman–Crippen MR) is 158 cm³/mol. The second kappa shape index (κ2) is 14.1. The number of hydrogen-bond donors (Lipinski definition) is 4. The predicted octanol–water partition coefficient (Wildman–Crippen LogP) is 6.25. The molecule has 3 rings (SSSR count). The Bertz CT molecular complexity index is 832. The fraction of sp³-hybridized carbons (Fsp3) is 0.818. The molecule has 2 unspecified atom stereocenters. The van der Waals surface area contributed by atoms with E-state index in [4.69, 9.17) is 16.2 Å². The topological polar surface area (TPSA) is 102 Å². The third kappa shape index (κ3) is 7.81. The molecule has 6 N–H and O–H groups in total. The van der Waals surface area contributed by atoms with Crippen molar-refractivity contribution in [3.05, 3.63) is 35.5 Å².